The van der Waals surface area contributed by atoms with Crippen molar-refractivity contribution in [3.63, 3.8) is 0 Å². The Balaban J connectivity index is 1.83. The van der Waals surface area contributed by atoms with E-state index in [0.29, 0.717) is 6.04 Å². The summed E-state index contributed by atoms with van der Waals surface area (Å²) in [6.45, 7) is 4.79. The van der Waals surface area contributed by atoms with E-state index >= 15 is 0 Å². The summed E-state index contributed by atoms with van der Waals surface area (Å²) in [5.74, 6) is 0. The van der Waals surface area contributed by atoms with Crippen molar-refractivity contribution in [1.29, 1.82) is 0 Å². The number of benzene rings is 1. The van der Waals surface area contributed by atoms with E-state index in [1.165, 1.54) is 31.5 Å². The molecule has 0 N–H and O–H groups in total. The van der Waals surface area contributed by atoms with Crippen molar-refractivity contribution in [2.24, 2.45) is 0 Å². The molecule has 0 amide bonds. The SMILES string of the molecule is C[C@@H]1[C@H]2CCCCN2CN1c1ccccc1. The first kappa shape index (κ1) is 10.2. The molecule has 0 aromatic heterocycles. The summed E-state index contributed by atoms with van der Waals surface area (Å²) in [5, 5.41) is 0. The molecule has 3 rings (SSSR count). The van der Waals surface area contributed by atoms with Crippen LogP contribution >= 0.6 is 0 Å². The summed E-state index contributed by atoms with van der Waals surface area (Å²) in [6, 6.07) is 12.3. The highest BCUT2D eigenvalue weighted by Crippen LogP contribution is 2.32. The normalized spacial score (nSPS) is 30.4. The van der Waals surface area contributed by atoms with Crippen LogP contribution in [0.25, 0.3) is 0 Å². The minimum absolute atomic E-state index is 0.669. The summed E-state index contributed by atoms with van der Waals surface area (Å²) in [6.07, 6.45) is 4.17. The fraction of sp³-hybridized carbons (Fsp3) is 0.571. The van der Waals surface area contributed by atoms with Gasteiger partial charge >= 0.3 is 0 Å². The van der Waals surface area contributed by atoms with Crippen LogP contribution in [0.2, 0.25) is 0 Å². The van der Waals surface area contributed by atoms with E-state index in [0.717, 1.165) is 12.7 Å². The van der Waals surface area contributed by atoms with Crippen molar-refractivity contribution in [3.8, 4) is 0 Å². The number of piperidine rings is 1. The van der Waals surface area contributed by atoms with E-state index in [1.807, 2.05) is 0 Å². The van der Waals surface area contributed by atoms with Crippen molar-refractivity contribution in [2.75, 3.05) is 18.1 Å². The van der Waals surface area contributed by atoms with Gasteiger partial charge in [0.15, 0.2) is 0 Å². The van der Waals surface area contributed by atoms with Crippen molar-refractivity contribution >= 4 is 5.69 Å². The average molecular weight is 216 g/mol. The van der Waals surface area contributed by atoms with Crippen LogP contribution in [-0.4, -0.2) is 30.2 Å². The lowest BCUT2D eigenvalue weighted by atomic mass is 9.99. The van der Waals surface area contributed by atoms with Crippen LogP contribution in [0, 0.1) is 0 Å². The number of rotatable bonds is 1. The highest BCUT2D eigenvalue weighted by molar-refractivity contribution is 5.48. The van der Waals surface area contributed by atoms with E-state index in [1.54, 1.807) is 0 Å². The van der Waals surface area contributed by atoms with Gasteiger partial charge in [-0.05, 0) is 31.9 Å². The number of nitrogens with zero attached hydrogens (tertiary/aromatic N) is 2. The van der Waals surface area contributed by atoms with Crippen LogP contribution in [0.15, 0.2) is 30.3 Å². The highest BCUT2D eigenvalue weighted by Gasteiger charge is 2.38. The molecular formula is C14H20N2. The van der Waals surface area contributed by atoms with Crippen LogP contribution < -0.4 is 4.90 Å². The molecule has 2 atom stereocenters. The van der Waals surface area contributed by atoms with E-state index in [-0.39, 0.29) is 0 Å². The van der Waals surface area contributed by atoms with Crippen LogP contribution in [0.1, 0.15) is 26.2 Å². The summed E-state index contributed by atoms with van der Waals surface area (Å²) in [4.78, 5) is 5.21. The molecule has 2 heterocycles. The molecule has 2 fully saturated rings. The zero-order chi connectivity index (χ0) is 11.0. The van der Waals surface area contributed by atoms with Crippen molar-refractivity contribution in [2.45, 2.75) is 38.3 Å². The zero-order valence-corrected chi connectivity index (χ0v) is 9.97. The fourth-order valence-electron chi connectivity index (χ4n) is 3.21. The van der Waals surface area contributed by atoms with Gasteiger partial charge in [-0.25, -0.2) is 0 Å². The molecular weight excluding hydrogens is 196 g/mol. The van der Waals surface area contributed by atoms with Gasteiger partial charge in [-0.3, -0.25) is 4.90 Å². The number of para-hydroxylation sites is 1. The molecule has 86 valence electrons. The number of hydrogen-bond acceptors (Lipinski definition) is 2. The first-order chi connectivity index (χ1) is 7.86. The molecule has 1 aromatic rings. The second-order valence-corrected chi connectivity index (χ2v) is 5.06. The Morgan fingerprint density at radius 1 is 1.12 bits per heavy atom. The predicted octanol–water partition coefficient (Wildman–Crippen LogP) is 2.71. The molecule has 0 spiro atoms. The molecule has 16 heavy (non-hydrogen) atoms. The molecule has 0 unspecified atom stereocenters. The predicted molar refractivity (Wildman–Crippen MR) is 67.6 cm³/mol. The van der Waals surface area contributed by atoms with Gasteiger partial charge in [0, 0.05) is 24.3 Å². The maximum atomic E-state index is 2.65. The number of anilines is 1. The lowest BCUT2D eigenvalue weighted by Gasteiger charge is -2.29. The lowest BCUT2D eigenvalue weighted by molar-refractivity contribution is 0.191. The van der Waals surface area contributed by atoms with Gasteiger partial charge in [0.05, 0.1) is 6.67 Å². The van der Waals surface area contributed by atoms with Gasteiger partial charge in [0.1, 0.15) is 0 Å². The van der Waals surface area contributed by atoms with Gasteiger partial charge < -0.3 is 4.90 Å². The third kappa shape index (κ3) is 1.61. The molecule has 2 nitrogen and oxygen atoms in total. The van der Waals surface area contributed by atoms with Crippen LogP contribution in [0.4, 0.5) is 5.69 Å². The standard InChI is InChI=1S/C14H20N2/c1-12-14-9-5-6-10-15(14)11-16(12)13-7-3-2-4-8-13/h2-4,7-8,12,14H,5-6,9-11H2,1H3/t12-,14-/m1/s1. The minimum atomic E-state index is 0.669. The Kier molecular flexibility index (Phi) is 2.60. The first-order valence-corrected chi connectivity index (χ1v) is 6.42. The Morgan fingerprint density at radius 2 is 1.94 bits per heavy atom. The summed E-state index contributed by atoms with van der Waals surface area (Å²) >= 11 is 0. The molecule has 0 aliphatic carbocycles. The Hall–Kier alpha value is -1.02. The van der Waals surface area contributed by atoms with E-state index < -0.39 is 0 Å². The first-order valence-electron chi connectivity index (χ1n) is 6.42. The minimum Gasteiger partial charge on any atom is -0.354 e. The molecule has 2 aliphatic heterocycles. The summed E-state index contributed by atoms with van der Waals surface area (Å²) in [7, 11) is 0. The van der Waals surface area contributed by atoms with E-state index in [9.17, 15) is 0 Å². The Labute approximate surface area is 97.9 Å². The van der Waals surface area contributed by atoms with Gasteiger partial charge in [-0.15, -0.1) is 0 Å². The Bertz CT molecular complexity index is 349. The van der Waals surface area contributed by atoms with E-state index in [2.05, 4.69) is 47.1 Å². The van der Waals surface area contributed by atoms with Gasteiger partial charge in [0.2, 0.25) is 0 Å². The third-order valence-electron chi connectivity index (χ3n) is 4.13. The quantitative estimate of drug-likeness (QED) is 0.712. The maximum absolute atomic E-state index is 2.65. The van der Waals surface area contributed by atoms with Crippen molar-refractivity contribution < 1.29 is 0 Å². The average Bonchev–Trinajstić information content (AvgIpc) is 2.69. The smallest absolute Gasteiger partial charge is 0.0713 e. The molecule has 2 saturated heterocycles. The van der Waals surface area contributed by atoms with E-state index in [4.69, 9.17) is 0 Å². The van der Waals surface area contributed by atoms with Crippen LogP contribution in [0.3, 0.4) is 0 Å². The topological polar surface area (TPSA) is 6.48 Å². The van der Waals surface area contributed by atoms with Gasteiger partial charge in [-0.1, -0.05) is 24.6 Å². The molecule has 2 heteroatoms. The van der Waals surface area contributed by atoms with Crippen LogP contribution in [0.5, 0.6) is 0 Å². The number of fused-ring (bicyclic) bond motifs is 1. The fourth-order valence-corrected chi connectivity index (χ4v) is 3.21. The number of hydrogen-bond donors (Lipinski definition) is 0. The molecule has 1 aromatic carbocycles. The van der Waals surface area contributed by atoms with Gasteiger partial charge in [0.25, 0.3) is 0 Å². The maximum Gasteiger partial charge on any atom is 0.0713 e. The zero-order valence-electron chi connectivity index (χ0n) is 9.97. The summed E-state index contributed by atoms with van der Waals surface area (Å²) < 4.78 is 0. The molecule has 0 saturated carbocycles. The summed E-state index contributed by atoms with van der Waals surface area (Å²) in [5.41, 5.74) is 1.38. The monoisotopic (exact) mass is 216 g/mol. The van der Waals surface area contributed by atoms with Crippen LogP contribution in [-0.2, 0) is 0 Å². The lowest BCUT2D eigenvalue weighted by Crippen LogP contribution is -2.38. The Morgan fingerprint density at radius 3 is 2.69 bits per heavy atom. The third-order valence-corrected chi connectivity index (χ3v) is 4.13. The molecule has 2 aliphatic rings. The second kappa shape index (κ2) is 4.10. The largest absolute Gasteiger partial charge is 0.354 e. The van der Waals surface area contributed by atoms with Gasteiger partial charge in [-0.2, -0.15) is 0 Å². The molecule has 0 bridgehead atoms. The highest BCUT2D eigenvalue weighted by atomic mass is 15.4. The second-order valence-electron chi connectivity index (χ2n) is 5.06. The van der Waals surface area contributed by atoms with Crippen molar-refractivity contribution in [3.05, 3.63) is 30.3 Å². The molecule has 0 radical (unpaired) electrons. The van der Waals surface area contributed by atoms with Crippen molar-refractivity contribution in [1.82, 2.24) is 4.90 Å².